The number of H-pyrrole nitrogens is 1. The topological polar surface area (TPSA) is 36.1 Å². The molecule has 20 heavy (non-hydrogen) atoms. The second-order valence-corrected chi connectivity index (χ2v) is 6.19. The van der Waals surface area contributed by atoms with Crippen molar-refractivity contribution in [3.8, 4) is 0 Å². The number of aromatic nitrogens is 1. The van der Waals surface area contributed by atoms with E-state index in [-0.39, 0.29) is 0 Å². The average molecular weight is 268 g/mol. The van der Waals surface area contributed by atoms with Gasteiger partial charge in [0.25, 0.3) is 0 Å². The first-order valence-corrected chi connectivity index (χ1v) is 7.67. The summed E-state index contributed by atoms with van der Waals surface area (Å²) in [6, 6.07) is 8.75. The van der Waals surface area contributed by atoms with E-state index >= 15 is 0 Å². The molecule has 1 saturated carbocycles. The van der Waals surface area contributed by atoms with Crippen LogP contribution >= 0.6 is 0 Å². The zero-order chi connectivity index (χ0) is 13.5. The molecule has 1 aromatic carbocycles. The Bertz CT molecular complexity index is 645. The molecule has 0 bridgehead atoms. The predicted octanol–water partition coefficient (Wildman–Crippen LogP) is 3.11. The number of rotatable bonds is 2. The van der Waals surface area contributed by atoms with Gasteiger partial charge < -0.3 is 9.88 Å². The molecule has 1 aliphatic heterocycles. The SMILES string of the molecule is O=C(Cc1c[nH]c2ccccc12)N1CC2CCCCC21. The van der Waals surface area contributed by atoms with E-state index in [9.17, 15) is 4.79 Å². The standard InChI is InChI=1S/C17H20N2O/c20-17(19-11-12-5-1-4-8-16(12)19)9-13-10-18-15-7-3-2-6-14(13)15/h2-3,6-7,10,12,16,18H,1,4-5,8-9,11H2. The van der Waals surface area contributed by atoms with Gasteiger partial charge in [-0.05, 0) is 30.4 Å². The first-order chi connectivity index (χ1) is 9.83. The first kappa shape index (κ1) is 12.0. The third kappa shape index (κ3) is 1.84. The summed E-state index contributed by atoms with van der Waals surface area (Å²) in [6.07, 6.45) is 7.70. The van der Waals surface area contributed by atoms with E-state index in [2.05, 4.69) is 22.0 Å². The summed E-state index contributed by atoms with van der Waals surface area (Å²) < 4.78 is 0. The highest BCUT2D eigenvalue weighted by Gasteiger charge is 2.42. The molecule has 0 radical (unpaired) electrons. The van der Waals surface area contributed by atoms with Crippen LogP contribution in [-0.4, -0.2) is 28.4 Å². The molecule has 1 aliphatic carbocycles. The third-order valence-corrected chi connectivity index (χ3v) is 5.04. The van der Waals surface area contributed by atoms with Crippen molar-refractivity contribution in [3.63, 3.8) is 0 Å². The molecule has 1 aromatic heterocycles. The van der Waals surface area contributed by atoms with Crippen LogP contribution in [0.25, 0.3) is 10.9 Å². The number of likely N-dealkylation sites (tertiary alicyclic amines) is 1. The van der Waals surface area contributed by atoms with Gasteiger partial charge in [-0.25, -0.2) is 0 Å². The molecule has 1 saturated heterocycles. The quantitative estimate of drug-likeness (QED) is 0.892. The van der Waals surface area contributed by atoms with Crippen molar-refractivity contribution in [3.05, 3.63) is 36.0 Å². The van der Waals surface area contributed by atoms with E-state index in [1.165, 1.54) is 31.1 Å². The van der Waals surface area contributed by atoms with Gasteiger partial charge in [0.1, 0.15) is 0 Å². The lowest BCUT2D eigenvalue weighted by Gasteiger charge is -2.51. The fourth-order valence-electron chi connectivity index (χ4n) is 3.89. The van der Waals surface area contributed by atoms with Crippen LogP contribution in [0.5, 0.6) is 0 Å². The molecule has 3 nitrogen and oxygen atoms in total. The summed E-state index contributed by atoms with van der Waals surface area (Å²) in [6.45, 7) is 0.992. The zero-order valence-electron chi connectivity index (χ0n) is 11.6. The van der Waals surface area contributed by atoms with Crippen molar-refractivity contribution < 1.29 is 4.79 Å². The van der Waals surface area contributed by atoms with Crippen LogP contribution in [0.2, 0.25) is 0 Å². The molecular weight excluding hydrogens is 248 g/mol. The van der Waals surface area contributed by atoms with Gasteiger partial charge in [0, 0.05) is 29.7 Å². The van der Waals surface area contributed by atoms with Crippen LogP contribution in [-0.2, 0) is 11.2 Å². The maximum atomic E-state index is 12.5. The molecule has 3 heteroatoms. The number of carbonyl (C=O) groups excluding carboxylic acids is 1. The minimum absolute atomic E-state index is 0.304. The Morgan fingerprint density at radius 3 is 3.00 bits per heavy atom. The maximum absolute atomic E-state index is 12.5. The summed E-state index contributed by atoms with van der Waals surface area (Å²) in [5.74, 6) is 1.09. The van der Waals surface area contributed by atoms with Crippen LogP contribution in [0.4, 0.5) is 0 Å². The zero-order valence-corrected chi connectivity index (χ0v) is 11.6. The summed E-state index contributed by atoms with van der Waals surface area (Å²) in [5, 5.41) is 1.18. The van der Waals surface area contributed by atoms with E-state index in [1.54, 1.807) is 0 Å². The van der Waals surface area contributed by atoms with Crippen molar-refractivity contribution in [2.45, 2.75) is 38.1 Å². The number of para-hydroxylation sites is 1. The average Bonchev–Trinajstić information content (AvgIpc) is 2.84. The van der Waals surface area contributed by atoms with E-state index in [1.807, 2.05) is 18.3 Å². The van der Waals surface area contributed by atoms with Gasteiger partial charge in [0.2, 0.25) is 5.91 Å². The molecule has 2 atom stereocenters. The molecule has 2 fully saturated rings. The number of benzene rings is 1. The van der Waals surface area contributed by atoms with Crippen LogP contribution in [0.15, 0.2) is 30.5 Å². The summed E-state index contributed by atoms with van der Waals surface area (Å²) in [5.41, 5.74) is 2.25. The van der Waals surface area contributed by atoms with Crippen LogP contribution in [0.1, 0.15) is 31.2 Å². The van der Waals surface area contributed by atoms with Crippen molar-refractivity contribution in [1.82, 2.24) is 9.88 Å². The Kier molecular flexibility index (Phi) is 2.79. The number of amides is 1. The Morgan fingerprint density at radius 2 is 2.10 bits per heavy atom. The Hall–Kier alpha value is -1.77. The first-order valence-electron chi connectivity index (χ1n) is 7.67. The number of fused-ring (bicyclic) bond motifs is 2. The second-order valence-electron chi connectivity index (χ2n) is 6.19. The van der Waals surface area contributed by atoms with E-state index in [0.717, 1.165) is 23.5 Å². The van der Waals surface area contributed by atoms with E-state index < -0.39 is 0 Å². The second kappa shape index (κ2) is 4.65. The third-order valence-electron chi connectivity index (χ3n) is 5.04. The number of hydrogen-bond acceptors (Lipinski definition) is 1. The lowest BCUT2D eigenvalue weighted by molar-refractivity contribution is -0.145. The van der Waals surface area contributed by atoms with Crippen LogP contribution in [0.3, 0.4) is 0 Å². The summed E-state index contributed by atoms with van der Waals surface area (Å²) >= 11 is 0. The van der Waals surface area contributed by atoms with Crippen molar-refractivity contribution in [2.24, 2.45) is 5.92 Å². The number of aromatic amines is 1. The van der Waals surface area contributed by atoms with Gasteiger partial charge in [-0.15, -0.1) is 0 Å². The number of hydrogen-bond donors (Lipinski definition) is 1. The molecule has 2 heterocycles. The highest BCUT2D eigenvalue weighted by molar-refractivity contribution is 5.89. The maximum Gasteiger partial charge on any atom is 0.227 e. The number of nitrogens with zero attached hydrogens (tertiary/aromatic N) is 1. The molecule has 2 unspecified atom stereocenters. The highest BCUT2D eigenvalue weighted by atomic mass is 16.2. The van der Waals surface area contributed by atoms with Crippen LogP contribution < -0.4 is 0 Å². The molecule has 1 N–H and O–H groups in total. The molecule has 4 rings (SSSR count). The number of nitrogens with one attached hydrogen (secondary N) is 1. The number of carbonyl (C=O) groups is 1. The summed E-state index contributed by atoms with van der Waals surface area (Å²) in [4.78, 5) is 17.9. The smallest absolute Gasteiger partial charge is 0.227 e. The van der Waals surface area contributed by atoms with Gasteiger partial charge >= 0.3 is 0 Å². The lowest BCUT2D eigenvalue weighted by Crippen LogP contribution is -2.60. The van der Waals surface area contributed by atoms with Gasteiger partial charge in [0.05, 0.1) is 6.42 Å². The van der Waals surface area contributed by atoms with Gasteiger partial charge in [-0.2, -0.15) is 0 Å². The van der Waals surface area contributed by atoms with E-state index in [4.69, 9.17) is 0 Å². The fourth-order valence-corrected chi connectivity index (χ4v) is 3.89. The van der Waals surface area contributed by atoms with Crippen molar-refractivity contribution in [2.75, 3.05) is 6.54 Å². The van der Waals surface area contributed by atoms with Crippen molar-refractivity contribution in [1.29, 1.82) is 0 Å². The predicted molar refractivity (Wildman–Crippen MR) is 79.5 cm³/mol. The van der Waals surface area contributed by atoms with Gasteiger partial charge in [0.15, 0.2) is 0 Å². The van der Waals surface area contributed by atoms with Gasteiger partial charge in [-0.1, -0.05) is 31.0 Å². The fraction of sp³-hybridized carbons (Fsp3) is 0.471. The minimum atomic E-state index is 0.304. The monoisotopic (exact) mass is 268 g/mol. The summed E-state index contributed by atoms with van der Waals surface area (Å²) in [7, 11) is 0. The van der Waals surface area contributed by atoms with E-state index in [0.29, 0.717) is 18.4 Å². The Balaban J connectivity index is 1.50. The van der Waals surface area contributed by atoms with Gasteiger partial charge in [-0.3, -0.25) is 4.79 Å². The minimum Gasteiger partial charge on any atom is -0.361 e. The highest BCUT2D eigenvalue weighted by Crippen LogP contribution is 2.37. The molecule has 1 amide bonds. The van der Waals surface area contributed by atoms with Crippen molar-refractivity contribution >= 4 is 16.8 Å². The largest absolute Gasteiger partial charge is 0.361 e. The Morgan fingerprint density at radius 1 is 1.25 bits per heavy atom. The Labute approximate surface area is 119 Å². The molecule has 2 aliphatic rings. The molecule has 0 spiro atoms. The lowest BCUT2D eigenvalue weighted by atomic mass is 9.76. The van der Waals surface area contributed by atoms with Crippen LogP contribution in [0, 0.1) is 5.92 Å². The molecular formula is C17H20N2O. The molecule has 104 valence electrons. The normalized spacial score (nSPS) is 25.3. The molecule has 2 aromatic rings.